The number of nitrogen functional groups attached to an aromatic ring is 1. The number of rotatable bonds is 5. The van der Waals surface area contributed by atoms with Crippen LogP contribution in [0.3, 0.4) is 0 Å². The van der Waals surface area contributed by atoms with Gasteiger partial charge in [0, 0.05) is 11.3 Å². The van der Waals surface area contributed by atoms with E-state index >= 15 is 0 Å². The summed E-state index contributed by atoms with van der Waals surface area (Å²) in [5, 5.41) is 2.99. The zero-order valence-corrected chi connectivity index (χ0v) is 13.8. The lowest BCUT2D eigenvalue weighted by atomic mass is 10.0. The first-order valence-electron chi connectivity index (χ1n) is 7.35. The molecule has 2 aromatic rings. The number of carbonyl (C=O) groups excluding carboxylic acids is 1. The second-order valence-electron chi connectivity index (χ2n) is 5.38. The summed E-state index contributed by atoms with van der Waals surface area (Å²) < 4.78 is 10.6. The highest BCUT2D eigenvalue weighted by atomic mass is 16.5. The number of nitrogens with two attached hydrogens (primary N) is 1. The van der Waals surface area contributed by atoms with Gasteiger partial charge in [-0.3, -0.25) is 4.79 Å². The van der Waals surface area contributed by atoms with Crippen LogP contribution in [-0.4, -0.2) is 20.1 Å². The van der Waals surface area contributed by atoms with Crippen LogP contribution < -0.4 is 20.5 Å². The SMILES string of the molecule is COc1cc(C)c(C(C)NC(=O)c2ccc(N)cc2)cc1OC. The second-order valence-corrected chi connectivity index (χ2v) is 5.38. The molecule has 0 saturated carbocycles. The minimum Gasteiger partial charge on any atom is -0.493 e. The van der Waals surface area contributed by atoms with Gasteiger partial charge in [0.25, 0.3) is 5.91 Å². The maximum atomic E-state index is 12.3. The van der Waals surface area contributed by atoms with Crippen molar-refractivity contribution in [2.24, 2.45) is 0 Å². The van der Waals surface area contributed by atoms with Gasteiger partial charge in [-0.2, -0.15) is 0 Å². The molecule has 2 rings (SSSR count). The van der Waals surface area contributed by atoms with Gasteiger partial charge in [0.2, 0.25) is 0 Å². The highest BCUT2D eigenvalue weighted by molar-refractivity contribution is 5.94. The molecule has 23 heavy (non-hydrogen) atoms. The van der Waals surface area contributed by atoms with Crippen LogP contribution in [0.4, 0.5) is 5.69 Å². The van der Waals surface area contributed by atoms with Gasteiger partial charge in [-0.15, -0.1) is 0 Å². The lowest BCUT2D eigenvalue weighted by molar-refractivity contribution is 0.0940. The lowest BCUT2D eigenvalue weighted by Gasteiger charge is -2.19. The van der Waals surface area contributed by atoms with Crippen molar-refractivity contribution in [1.29, 1.82) is 0 Å². The van der Waals surface area contributed by atoms with Crippen molar-refractivity contribution in [2.45, 2.75) is 19.9 Å². The third-order valence-corrected chi connectivity index (χ3v) is 3.76. The van der Waals surface area contributed by atoms with Gasteiger partial charge in [0.05, 0.1) is 20.3 Å². The number of aryl methyl sites for hydroxylation is 1. The minimum atomic E-state index is -0.167. The van der Waals surface area contributed by atoms with E-state index in [0.717, 1.165) is 11.1 Å². The first-order valence-corrected chi connectivity index (χ1v) is 7.35. The molecule has 1 unspecified atom stereocenters. The van der Waals surface area contributed by atoms with Crippen LogP contribution in [0.25, 0.3) is 0 Å². The molecule has 0 aliphatic rings. The quantitative estimate of drug-likeness (QED) is 0.832. The summed E-state index contributed by atoms with van der Waals surface area (Å²) in [6, 6.07) is 10.5. The fraction of sp³-hybridized carbons (Fsp3) is 0.278. The summed E-state index contributed by atoms with van der Waals surface area (Å²) in [6.45, 7) is 3.91. The van der Waals surface area contributed by atoms with E-state index in [9.17, 15) is 4.79 Å². The van der Waals surface area contributed by atoms with Gasteiger partial charge in [-0.05, 0) is 61.4 Å². The van der Waals surface area contributed by atoms with Crippen molar-refractivity contribution in [1.82, 2.24) is 5.32 Å². The average Bonchev–Trinajstić information content (AvgIpc) is 2.54. The van der Waals surface area contributed by atoms with Crippen molar-refractivity contribution in [3.05, 3.63) is 53.1 Å². The average molecular weight is 314 g/mol. The number of carbonyl (C=O) groups is 1. The summed E-state index contributed by atoms with van der Waals surface area (Å²) in [5.41, 5.74) is 8.84. The van der Waals surface area contributed by atoms with E-state index in [1.54, 1.807) is 38.5 Å². The topological polar surface area (TPSA) is 73.6 Å². The van der Waals surface area contributed by atoms with E-state index in [0.29, 0.717) is 22.7 Å². The highest BCUT2D eigenvalue weighted by Gasteiger charge is 2.16. The molecular weight excluding hydrogens is 292 g/mol. The number of ether oxygens (including phenoxy) is 2. The number of anilines is 1. The van der Waals surface area contributed by atoms with Crippen LogP contribution in [0, 0.1) is 6.92 Å². The molecule has 0 bridgehead atoms. The third-order valence-electron chi connectivity index (χ3n) is 3.76. The number of hydrogen-bond acceptors (Lipinski definition) is 4. The Morgan fingerprint density at radius 2 is 1.65 bits per heavy atom. The zero-order valence-electron chi connectivity index (χ0n) is 13.8. The van der Waals surface area contributed by atoms with E-state index in [2.05, 4.69) is 5.32 Å². The predicted molar refractivity (Wildman–Crippen MR) is 91.0 cm³/mol. The molecule has 1 atom stereocenters. The van der Waals surface area contributed by atoms with Gasteiger partial charge in [-0.25, -0.2) is 0 Å². The number of nitrogens with one attached hydrogen (secondary N) is 1. The fourth-order valence-electron chi connectivity index (χ4n) is 2.46. The number of methoxy groups -OCH3 is 2. The monoisotopic (exact) mass is 314 g/mol. The number of amides is 1. The maximum Gasteiger partial charge on any atom is 0.251 e. The van der Waals surface area contributed by atoms with Gasteiger partial charge >= 0.3 is 0 Å². The summed E-state index contributed by atoms with van der Waals surface area (Å²) in [5.74, 6) is 1.17. The van der Waals surface area contributed by atoms with Crippen molar-refractivity contribution in [3.8, 4) is 11.5 Å². The van der Waals surface area contributed by atoms with Gasteiger partial charge in [0.15, 0.2) is 11.5 Å². The lowest BCUT2D eigenvalue weighted by Crippen LogP contribution is -2.27. The molecule has 0 heterocycles. The summed E-state index contributed by atoms with van der Waals surface area (Å²) >= 11 is 0. The van der Waals surface area contributed by atoms with E-state index in [1.807, 2.05) is 26.0 Å². The summed E-state index contributed by atoms with van der Waals surface area (Å²) in [4.78, 5) is 12.3. The Balaban J connectivity index is 2.21. The summed E-state index contributed by atoms with van der Waals surface area (Å²) in [7, 11) is 3.19. The van der Waals surface area contributed by atoms with Crippen molar-refractivity contribution in [2.75, 3.05) is 20.0 Å². The Kier molecular flexibility index (Phi) is 5.11. The van der Waals surface area contributed by atoms with Crippen molar-refractivity contribution in [3.63, 3.8) is 0 Å². The van der Waals surface area contributed by atoms with Crippen LogP contribution in [0.2, 0.25) is 0 Å². The molecule has 0 saturated heterocycles. The molecule has 5 heteroatoms. The van der Waals surface area contributed by atoms with Gasteiger partial charge in [-0.1, -0.05) is 0 Å². The smallest absolute Gasteiger partial charge is 0.251 e. The van der Waals surface area contributed by atoms with Gasteiger partial charge in [0.1, 0.15) is 0 Å². The molecule has 1 amide bonds. The molecule has 122 valence electrons. The Morgan fingerprint density at radius 3 is 2.22 bits per heavy atom. The first-order chi connectivity index (χ1) is 11.0. The molecular formula is C18H22N2O3. The largest absolute Gasteiger partial charge is 0.493 e. The van der Waals surface area contributed by atoms with Crippen LogP contribution in [-0.2, 0) is 0 Å². The fourth-order valence-corrected chi connectivity index (χ4v) is 2.46. The maximum absolute atomic E-state index is 12.3. The second kappa shape index (κ2) is 7.05. The Morgan fingerprint density at radius 1 is 1.09 bits per heavy atom. The molecule has 0 spiro atoms. The summed E-state index contributed by atoms with van der Waals surface area (Å²) in [6.07, 6.45) is 0. The minimum absolute atomic E-state index is 0.147. The van der Waals surface area contributed by atoms with Crippen molar-refractivity contribution < 1.29 is 14.3 Å². The van der Waals surface area contributed by atoms with Crippen molar-refractivity contribution >= 4 is 11.6 Å². The van der Waals surface area contributed by atoms with Crippen LogP contribution >= 0.6 is 0 Å². The number of benzene rings is 2. The van der Waals surface area contributed by atoms with E-state index in [1.165, 1.54) is 0 Å². The number of hydrogen-bond donors (Lipinski definition) is 2. The van der Waals surface area contributed by atoms with Crippen LogP contribution in [0.5, 0.6) is 11.5 Å². The Bertz CT molecular complexity index is 696. The van der Waals surface area contributed by atoms with Gasteiger partial charge < -0.3 is 20.5 Å². The Hall–Kier alpha value is -2.69. The first kappa shape index (κ1) is 16.7. The molecule has 2 aromatic carbocycles. The predicted octanol–water partition coefficient (Wildman–Crippen LogP) is 3.09. The normalized spacial score (nSPS) is 11.7. The molecule has 0 radical (unpaired) electrons. The third kappa shape index (κ3) is 3.74. The van der Waals surface area contributed by atoms with Crippen LogP contribution in [0.1, 0.15) is 34.5 Å². The van der Waals surface area contributed by atoms with E-state index < -0.39 is 0 Å². The van der Waals surface area contributed by atoms with E-state index in [-0.39, 0.29) is 11.9 Å². The molecule has 3 N–H and O–H groups in total. The zero-order chi connectivity index (χ0) is 17.0. The van der Waals surface area contributed by atoms with E-state index in [4.69, 9.17) is 15.2 Å². The standard InChI is InChI=1S/C18H22N2O3/c1-11-9-16(22-3)17(23-4)10-15(11)12(2)20-18(21)13-5-7-14(19)8-6-13/h5-10,12H,19H2,1-4H3,(H,20,21). The molecule has 0 fully saturated rings. The molecule has 0 aliphatic heterocycles. The Labute approximate surface area is 136 Å². The molecule has 0 aliphatic carbocycles. The molecule has 0 aromatic heterocycles. The highest BCUT2D eigenvalue weighted by Crippen LogP contribution is 2.32. The van der Waals surface area contributed by atoms with Crippen LogP contribution in [0.15, 0.2) is 36.4 Å². The molecule has 5 nitrogen and oxygen atoms in total.